The van der Waals surface area contributed by atoms with E-state index in [4.69, 9.17) is 4.74 Å². The monoisotopic (exact) mass is 267 g/mol. The molecule has 3 nitrogen and oxygen atoms in total. The van der Waals surface area contributed by atoms with Gasteiger partial charge in [-0.1, -0.05) is 24.3 Å². The standard InChI is InChI=1S/C17H17NO2/c1-13-4-3-5-15(12-13)18-17(19)11-8-14-6-9-16(20-2)10-7-14/h3-12H,1-2H3,(H,18,19)/b11-8+. The summed E-state index contributed by atoms with van der Waals surface area (Å²) in [6, 6.07) is 15.2. The van der Waals surface area contributed by atoms with E-state index in [9.17, 15) is 4.79 Å². The van der Waals surface area contributed by atoms with Crippen LogP contribution in [-0.2, 0) is 4.79 Å². The highest BCUT2D eigenvalue weighted by atomic mass is 16.5. The van der Waals surface area contributed by atoms with E-state index in [1.165, 1.54) is 6.08 Å². The molecule has 0 atom stereocenters. The number of methoxy groups -OCH3 is 1. The number of rotatable bonds is 4. The third kappa shape index (κ3) is 3.99. The van der Waals surface area contributed by atoms with Gasteiger partial charge >= 0.3 is 0 Å². The Bertz CT molecular complexity index is 615. The molecule has 0 aliphatic carbocycles. The van der Waals surface area contributed by atoms with E-state index in [0.29, 0.717) is 0 Å². The number of hydrogen-bond donors (Lipinski definition) is 1. The van der Waals surface area contributed by atoms with Crippen LogP contribution in [0.1, 0.15) is 11.1 Å². The van der Waals surface area contributed by atoms with Crippen LogP contribution < -0.4 is 10.1 Å². The first-order valence-electron chi connectivity index (χ1n) is 6.37. The van der Waals surface area contributed by atoms with Crippen molar-refractivity contribution >= 4 is 17.7 Å². The van der Waals surface area contributed by atoms with Crippen LogP contribution in [0.5, 0.6) is 5.75 Å². The lowest BCUT2D eigenvalue weighted by Crippen LogP contribution is -2.07. The molecule has 0 radical (unpaired) electrons. The zero-order valence-corrected chi connectivity index (χ0v) is 11.6. The quantitative estimate of drug-likeness (QED) is 0.859. The third-order valence-corrected chi connectivity index (χ3v) is 2.83. The van der Waals surface area contributed by atoms with Crippen molar-refractivity contribution in [1.29, 1.82) is 0 Å². The minimum Gasteiger partial charge on any atom is -0.497 e. The number of nitrogens with one attached hydrogen (secondary N) is 1. The Morgan fingerprint density at radius 3 is 2.55 bits per heavy atom. The van der Waals surface area contributed by atoms with Crippen LogP contribution in [0, 0.1) is 6.92 Å². The van der Waals surface area contributed by atoms with Crippen molar-refractivity contribution in [2.24, 2.45) is 0 Å². The molecule has 2 rings (SSSR count). The van der Waals surface area contributed by atoms with E-state index < -0.39 is 0 Å². The molecule has 0 aliphatic rings. The largest absolute Gasteiger partial charge is 0.497 e. The van der Waals surface area contributed by atoms with E-state index in [1.54, 1.807) is 13.2 Å². The Labute approximate surface area is 118 Å². The summed E-state index contributed by atoms with van der Waals surface area (Å²) in [7, 11) is 1.63. The number of hydrogen-bond acceptors (Lipinski definition) is 2. The first-order valence-corrected chi connectivity index (χ1v) is 6.37. The zero-order chi connectivity index (χ0) is 14.4. The Hall–Kier alpha value is -2.55. The van der Waals surface area contributed by atoms with E-state index in [0.717, 1.165) is 22.6 Å². The van der Waals surface area contributed by atoms with Gasteiger partial charge in [0.2, 0.25) is 5.91 Å². The number of anilines is 1. The molecule has 3 heteroatoms. The van der Waals surface area contributed by atoms with Gasteiger partial charge in [0.1, 0.15) is 5.75 Å². The van der Waals surface area contributed by atoms with Crippen LogP contribution in [0.2, 0.25) is 0 Å². The van der Waals surface area contributed by atoms with Gasteiger partial charge in [0, 0.05) is 11.8 Å². The third-order valence-electron chi connectivity index (χ3n) is 2.83. The second-order valence-corrected chi connectivity index (χ2v) is 4.47. The fourth-order valence-corrected chi connectivity index (χ4v) is 1.79. The van der Waals surface area contributed by atoms with Crippen molar-refractivity contribution in [3.8, 4) is 5.75 Å². The van der Waals surface area contributed by atoms with Crippen LogP contribution in [0.4, 0.5) is 5.69 Å². The van der Waals surface area contributed by atoms with Gasteiger partial charge in [-0.15, -0.1) is 0 Å². The summed E-state index contributed by atoms with van der Waals surface area (Å²) >= 11 is 0. The molecule has 20 heavy (non-hydrogen) atoms. The number of carbonyl (C=O) groups is 1. The minimum absolute atomic E-state index is 0.147. The molecule has 0 fully saturated rings. The minimum atomic E-state index is -0.147. The number of benzene rings is 2. The molecule has 1 amide bonds. The van der Waals surface area contributed by atoms with Gasteiger partial charge in [-0.25, -0.2) is 0 Å². The maximum absolute atomic E-state index is 11.8. The van der Waals surface area contributed by atoms with Crippen LogP contribution in [0.3, 0.4) is 0 Å². The summed E-state index contributed by atoms with van der Waals surface area (Å²) in [5.41, 5.74) is 2.86. The van der Waals surface area contributed by atoms with Gasteiger partial charge in [0.15, 0.2) is 0 Å². The van der Waals surface area contributed by atoms with Gasteiger partial charge in [-0.3, -0.25) is 4.79 Å². The first-order chi connectivity index (χ1) is 9.67. The lowest BCUT2D eigenvalue weighted by atomic mass is 10.2. The molecule has 2 aromatic carbocycles. The lowest BCUT2D eigenvalue weighted by Gasteiger charge is -2.03. The molecule has 2 aromatic rings. The number of ether oxygens (including phenoxy) is 1. The number of aryl methyl sites for hydroxylation is 1. The SMILES string of the molecule is COc1ccc(/C=C/C(=O)Nc2cccc(C)c2)cc1. The highest BCUT2D eigenvalue weighted by Crippen LogP contribution is 2.13. The lowest BCUT2D eigenvalue weighted by molar-refractivity contribution is -0.111. The van der Waals surface area contributed by atoms with Crippen molar-refractivity contribution in [1.82, 2.24) is 0 Å². The van der Waals surface area contributed by atoms with Crippen LogP contribution in [0.25, 0.3) is 6.08 Å². The Kier molecular flexibility index (Phi) is 4.56. The molecule has 102 valence electrons. The normalized spacial score (nSPS) is 10.5. The molecular formula is C17H17NO2. The van der Waals surface area contributed by atoms with E-state index in [2.05, 4.69) is 5.32 Å². The van der Waals surface area contributed by atoms with Gasteiger partial charge < -0.3 is 10.1 Å². The van der Waals surface area contributed by atoms with E-state index in [-0.39, 0.29) is 5.91 Å². The molecular weight excluding hydrogens is 250 g/mol. The highest BCUT2D eigenvalue weighted by Gasteiger charge is 1.98. The molecule has 0 aromatic heterocycles. The molecule has 1 N–H and O–H groups in total. The average molecular weight is 267 g/mol. The number of carbonyl (C=O) groups excluding carboxylic acids is 1. The summed E-state index contributed by atoms with van der Waals surface area (Å²) < 4.78 is 5.08. The van der Waals surface area contributed by atoms with Crippen molar-refractivity contribution < 1.29 is 9.53 Å². The van der Waals surface area contributed by atoms with Gasteiger partial charge in [0.05, 0.1) is 7.11 Å². The summed E-state index contributed by atoms with van der Waals surface area (Å²) in [6.07, 6.45) is 3.29. The van der Waals surface area contributed by atoms with Gasteiger partial charge in [0.25, 0.3) is 0 Å². The van der Waals surface area contributed by atoms with Crippen molar-refractivity contribution in [3.05, 3.63) is 65.7 Å². The Balaban J connectivity index is 1.98. The van der Waals surface area contributed by atoms with Crippen molar-refractivity contribution in [2.75, 3.05) is 12.4 Å². The molecule has 0 aliphatic heterocycles. The molecule has 0 heterocycles. The Morgan fingerprint density at radius 2 is 1.90 bits per heavy atom. The second kappa shape index (κ2) is 6.57. The summed E-state index contributed by atoms with van der Waals surface area (Å²) in [5, 5.41) is 2.83. The van der Waals surface area contributed by atoms with Crippen molar-refractivity contribution in [3.63, 3.8) is 0 Å². The smallest absolute Gasteiger partial charge is 0.248 e. The number of amides is 1. The van der Waals surface area contributed by atoms with Crippen molar-refractivity contribution in [2.45, 2.75) is 6.92 Å². The maximum atomic E-state index is 11.8. The molecule has 0 saturated heterocycles. The molecule has 0 unspecified atom stereocenters. The fourth-order valence-electron chi connectivity index (χ4n) is 1.79. The van der Waals surface area contributed by atoms with Crippen LogP contribution in [-0.4, -0.2) is 13.0 Å². The zero-order valence-electron chi connectivity index (χ0n) is 11.6. The molecule has 0 bridgehead atoms. The fraction of sp³-hybridized carbons (Fsp3) is 0.118. The maximum Gasteiger partial charge on any atom is 0.248 e. The Morgan fingerprint density at radius 1 is 1.15 bits per heavy atom. The first kappa shape index (κ1) is 13.9. The van der Waals surface area contributed by atoms with E-state index >= 15 is 0 Å². The average Bonchev–Trinajstić information content (AvgIpc) is 2.46. The second-order valence-electron chi connectivity index (χ2n) is 4.47. The summed E-state index contributed by atoms with van der Waals surface area (Å²) in [4.78, 5) is 11.8. The van der Waals surface area contributed by atoms with Gasteiger partial charge in [-0.05, 0) is 48.4 Å². The predicted molar refractivity (Wildman–Crippen MR) is 81.8 cm³/mol. The molecule has 0 spiro atoms. The van der Waals surface area contributed by atoms with Crippen LogP contribution in [0.15, 0.2) is 54.6 Å². The van der Waals surface area contributed by atoms with E-state index in [1.807, 2.05) is 55.5 Å². The summed E-state index contributed by atoms with van der Waals surface area (Å²) in [6.45, 7) is 1.99. The van der Waals surface area contributed by atoms with Gasteiger partial charge in [-0.2, -0.15) is 0 Å². The molecule has 0 saturated carbocycles. The highest BCUT2D eigenvalue weighted by molar-refractivity contribution is 6.01. The predicted octanol–water partition coefficient (Wildman–Crippen LogP) is 3.66. The van der Waals surface area contributed by atoms with Crippen LogP contribution >= 0.6 is 0 Å². The summed E-state index contributed by atoms with van der Waals surface area (Å²) in [5.74, 6) is 0.651. The topological polar surface area (TPSA) is 38.3 Å².